The summed E-state index contributed by atoms with van der Waals surface area (Å²) in [6.45, 7) is 0.644. The molecule has 0 N–H and O–H groups in total. The Hall–Kier alpha value is -2.18. The summed E-state index contributed by atoms with van der Waals surface area (Å²) in [6, 6.07) is 5.55. The van der Waals surface area contributed by atoms with Crippen LogP contribution in [-0.2, 0) is 4.74 Å². The van der Waals surface area contributed by atoms with Gasteiger partial charge in [0.1, 0.15) is 5.69 Å². The molecule has 0 bridgehead atoms. The van der Waals surface area contributed by atoms with Crippen molar-refractivity contribution in [1.82, 2.24) is 0 Å². The molecule has 2 rings (SSSR count). The second kappa shape index (κ2) is 4.99. The zero-order valence-electron chi connectivity index (χ0n) is 9.36. The van der Waals surface area contributed by atoms with Crippen LogP contribution >= 0.6 is 0 Å². The first-order chi connectivity index (χ1) is 8.65. The molecule has 0 aliphatic carbocycles. The van der Waals surface area contributed by atoms with Gasteiger partial charge >= 0.3 is 0 Å². The third kappa shape index (κ3) is 2.24. The molecular weight excluding hydrogens is 240 g/mol. The number of halogens is 2. The molecule has 1 aliphatic rings. The zero-order valence-corrected chi connectivity index (χ0v) is 9.36. The molecule has 4 nitrogen and oxygen atoms in total. The molecule has 1 aliphatic heterocycles. The summed E-state index contributed by atoms with van der Waals surface area (Å²) in [5, 5.41) is 17.4. The number of nitriles is 2. The Morgan fingerprint density at radius 2 is 1.94 bits per heavy atom. The van der Waals surface area contributed by atoms with E-state index in [1.165, 1.54) is 4.90 Å². The lowest BCUT2D eigenvalue weighted by atomic mass is 10.1. The Morgan fingerprint density at radius 3 is 2.50 bits per heavy atom. The molecule has 6 heteroatoms. The molecule has 18 heavy (non-hydrogen) atoms. The maximum absolute atomic E-state index is 13.8. The van der Waals surface area contributed by atoms with E-state index in [0.29, 0.717) is 6.54 Å². The van der Waals surface area contributed by atoms with Crippen LogP contribution in [0.15, 0.2) is 12.1 Å². The number of ether oxygens (including phenoxy) is 1. The Labute approximate surface area is 103 Å². The molecule has 1 aromatic carbocycles. The number of rotatable bonds is 1. The van der Waals surface area contributed by atoms with Gasteiger partial charge in [0.15, 0.2) is 17.7 Å². The number of anilines is 1. The van der Waals surface area contributed by atoms with Crippen molar-refractivity contribution in [3.05, 3.63) is 29.3 Å². The standard InChI is InChI=1S/C12H9F2N3O/c13-10-3-8(5-15)4-11(14)12(10)17-1-2-18-9(6-16)7-17/h3-4,9H,1-2,7H2. The first kappa shape index (κ1) is 12.3. The fourth-order valence-corrected chi connectivity index (χ4v) is 1.86. The fraction of sp³-hybridized carbons (Fsp3) is 0.333. The highest BCUT2D eigenvalue weighted by Crippen LogP contribution is 2.26. The first-order valence-corrected chi connectivity index (χ1v) is 5.31. The number of morpholine rings is 1. The lowest BCUT2D eigenvalue weighted by Crippen LogP contribution is -2.42. The summed E-state index contributed by atoms with van der Waals surface area (Å²) in [5.41, 5.74) is -0.281. The van der Waals surface area contributed by atoms with E-state index in [0.717, 1.165) is 12.1 Å². The molecule has 0 aromatic heterocycles. The first-order valence-electron chi connectivity index (χ1n) is 5.31. The van der Waals surface area contributed by atoms with Gasteiger partial charge in [-0.05, 0) is 12.1 Å². The van der Waals surface area contributed by atoms with Crippen molar-refractivity contribution in [2.45, 2.75) is 6.10 Å². The minimum atomic E-state index is -0.801. The molecule has 92 valence electrons. The maximum atomic E-state index is 13.8. The van der Waals surface area contributed by atoms with Gasteiger partial charge in [-0.25, -0.2) is 8.78 Å². The lowest BCUT2D eigenvalue weighted by Gasteiger charge is -2.31. The van der Waals surface area contributed by atoms with E-state index in [1.807, 2.05) is 6.07 Å². The molecule has 1 unspecified atom stereocenters. The van der Waals surface area contributed by atoms with Gasteiger partial charge in [0.05, 0.1) is 30.9 Å². The molecule has 1 heterocycles. The summed E-state index contributed by atoms with van der Waals surface area (Å²) in [4.78, 5) is 1.42. The Bertz CT molecular complexity index is 524. The fourth-order valence-electron chi connectivity index (χ4n) is 1.86. The van der Waals surface area contributed by atoms with Gasteiger partial charge in [0, 0.05) is 6.54 Å². The van der Waals surface area contributed by atoms with Crippen LogP contribution in [0.4, 0.5) is 14.5 Å². The maximum Gasteiger partial charge on any atom is 0.161 e. The van der Waals surface area contributed by atoms with Crippen molar-refractivity contribution in [3.8, 4) is 12.1 Å². The topological polar surface area (TPSA) is 60.1 Å². The van der Waals surface area contributed by atoms with Crippen molar-refractivity contribution < 1.29 is 13.5 Å². The van der Waals surface area contributed by atoms with Crippen LogP contribution in [-0.4, -0.2) is 25.8 Å². The molecular formula is C12H9F2N3O. The van der Waals surface area contributed by atoms with Gasteiger partial charge in [0.2, 0.25) is 0 Å². The van der Waals surface area contributed by atoms with Crippen molar-refractivity contribution in [2.24, 2.45) is 0 Å². The second-order valence-electron chi connectivity index (χ2n) is 3.83. The highest BCUT2D eigenvalue weighted by Gasteiger charge is 2.25. The molecule has 0 saturated carbocycles. The van der Waals surface area contributed by atoms with Crippen molar-refractivity contribution in [3.63, 3.8) is 0 Å². The average molecular weight is 249 g/mol. The van der Waals surface area contributed by atoms with Gasteiger partial charge < -0.3 is 9.64 Å². The minimum absolute atomic E-state index is 0.0705. The average Bonchev–Trinajstić information content (AvgIpc) is 2.38. The van der Waals surface area contributed by atoms with E-state index in [4.69, 9.17) is 15.3 Å². The Morgan fingerprint density at radius 1 is 1.28 bits per heavy atom. The van der Waals surface area contributed by atoms with Gasteiger partial charge in [-0.15, -0.1) is 0 Å². The largest absolute Gasteiger partial charge is 0.361 e. The predicted molar refractivity (Wildman–Crippen MR) is 58.6 cm³/mol. The van der Waals surface area contributed by atoms with Crippen LogP contribution in [0.25, 0.3) is 0 Å². The van der Waals surface area contributed by atoms with E-state index in [1.54, 1.807) is 6.07 Å². The smallest absolute Gasteiger partial charge is 0.161 e. The normalized spacial score (nSPS) is 19.1. The zero-order chi connectivity index (χ0) is 13.1. The van der Waals surface area contributed by atoms with Crippen molar-refractivity contribution in [1.29, 1.82) is 10.5 Å². The van der Waals surface area contributed by atoms with E-state index in [-0.39, 0.29) is 24.4 Å². The Kier molecular flexibility index (Phi) is 3.40. The Balaban J connectivity index is 2.34. The summed E-state index contributed by atoms with van der Waals surface area (Å²) in [6.07, 6.45) is -0.701. The van der Waals surface area contributed by atoms with Gasteiger partial charge in [-0.2, -0.15) is 10.5 Å². The summed E-state index contributed by atoms with van der Waals surface area (Å²) < 4.78 is 32.6. The number of hydrogen-bond acceptors (Lipinski definition) is 4. The third-order valence-corrected chi connectivity index (χ3v) is 2.67. The molecule has 1 saturated heterocycles. The monoisotopic (exact) mass is 249 g/mol. The number of benzene rings is 1. The van der Waals surface area contributed by atoms with E-state index in [9.17, 15) is 8.78 Å². The second-order valence-corrected chi connectivity index (χ2v) is 3.83. The van der Waals surface area contributed by atoms with Crippen LogP contribution in [0, 0.1) is 34.3 Å². The van der Waals surface area contributed by atoms with Crippen LogP contribution in [0.2, 0.25) is 0 Å². The minimum Gasteiger partial charge on any atom is -0.361 e. The third-order valence-electron chi connectivity index (χ3n) is 2.67. The molecule has 1 aromatic rings. The van der Waals surface area contributed by atoms with Gasteiger partial charge in [-0.3, -0.25) is 0 Å². The van der Waals surface area contributed by atoms with Crippen LogP contribution in [0.5, 0.6) is 0 Å². The predicted octanol–water partition coefficient (Wildman–Crippen LogP) is 1.57. The summed E-state index contributed by atoms with van der Waals surface area (Å²) >= 11 is 0. The van der Waals surface area contributed by atoms with E-state index < -0.39 is 17.7 Å². The lowest BCUT2D eigenvalue weighted by molar-refractivity contribution is 0.0759. The van der Waals surface area contributed by atoms with E-state index in [2.05, 4.69) is 0 Å². The summed E-state index contributed by atoms with van der Waals surface area (Å²) in [7, 11) is 0. The van der Waals surface area contributed by atoms with Crippen molar-refractivity contribution >= 4 is 5.69 Å². The molecule has 0 spiro atoms. The number of nitrogens with zero attached hydrogens (tertiary/aromatic N) is 3. The molecule has 1 fully saturated rings. The van der Waals surface area contributed by atoms with Crippen molar-refractivity contribution in [2.75, 3.05) is 24.6 Å². The van der Waals surface area contributed by atoms with Crippen LogP contribution < -0.4 is 4.90 Å². The highest BCUT2D eigenvalue weighted by atomic mass is 19.1. The van der Waals surface area contributed by atoms with E-state index >= 15 is 0 Å². The highest BCUT2D eigenvalue weighted by molar-refractivity contribution is 5.53. The molecule has 1 atom stereocenters. The van der Waals surface area contributed by atoms with Gasteiger partial charge in [-0.1, -0.05) is 0 Å². The molecule has 0 amide bonds. The number of hydrogen-bond donors (Lipinski definition) is 0. The van der Waals surface area contributed by atoms with Crippen LogP contribution in [0.3, 0.4) is 0 Å². The SMILES string of the molecule is N#Cc1cc(F)c(N2CCOC(C#N)C2)c(F)c1. The summed E-state index contributed by atoms with van der Waals surface area (Å²) in [5.74, 6) is -1.60. The van der Waals surface area contributed by atoms with Gasteiger partial charge in [0.25, 0.3) is 0 Å². The molecule has 0 radical (unpaired) electrons. The van der Waals surface area contributed by atoms with Crippen LogP contribution in [0.1, 0.15) is 5.56 Å². The quantitative estimate of drug-likeness (QED) is 0.757.